The molecule has 0 amide bonds. The van der Waals surface area contributed by atoms with E-state index >= 15 is 0 Å². The summed E-state index contributed by atoms with van der Waals surface area (Å²) >= 11 is 0. The third-order valence-electron chi connectivity index (χ3n) is 4.76. The van der Waals surface area contributed by atoms with Gasteiger partial charge >= 0.3 is 0 Å². The minimum absolute atomic E-state index is 0.766. The number of rotatable bonds is 5. The van der Waals surface area contributed by atoms with E-state index < -0.39 is 0 Å². The first-order chi connectivity index (χ1) is 9.90. The molecule has 4 rings (SSSR count). The molecule has 2 heterocycles. The van der Waals surface area contributed by atoms with Crippen LogP contribution < -0.4 is 10.2 Å². The second-order valence-electron chi connectivity index (χ2n) is 6.41. The van der Waals surface area contributed by atoms with Crippen LogP contribution in [0.15, 0.2) is 18.5 Å². The fraction of sp³-hybridized carbons (Fsp3) is 0.688. The van der Waals surface area contributed by atoms with E-state index in [4.69, 9.17) is 0 Å². The third-order valence-corrected chi connectivity index (χ3v) is 4.76. The van der Waals surface area contributed by atoms with Crippen molar-refractivity contribution in [2.75, 3.05) is 31.1 Å². The van der Waals surface area contributed by atoms with E-state index in [2.05, 4.69) is 32.4 Å². The van der Waals surface area contributed by atoms with Crippen molar-refractivity contribution in [3.05, 3.63) is 24.0 Å². The van der Waals surface area contributed by atoms with E-state index in [-0.39, 0.29) is 0 Å². The standard InChI is InChI=1S/C16H24N4/c1-2-14(1)18-11-13-5-6-17-12-16(13)20-9-7-19(8-10-20)15-3-4-15/h5-6,12,14-15,18H,1-4,7-11H2. The van der Waals surface area contributed by atoms with Crippen LogP contribution in [0, 0.1) is 0 Å². The molecule has 0 bridgehead atoms. The van der Waals surface area contributed by atoms with Crippen molar-refractivity contribution in [2.45, 2.75) is 44.3 Å². The second kappa shape index (κ2) is 5.34. The van der Waals surface area contributed by atoms with Crippen molar-refractivity contribution in [1.82, 2.24) is 15.2 Å². The maximum atomic E-state index is 4.35. The zero-order valence-corrected chi connectivity index (χ0v) is 12.1. The number of piperazine rings is 1. The van der Waals surface area contributed by atoms with Gasteiger partial charge < -0.3 is 10.2 Å². The highest BCUT2D eigenvalue weighted by Crippen LogP contribution is 2.29. The summed E-state index contributed by atoms with van der Waals surface area (Å²) in [6.07, 6.45) is 9.51. The van der Waals surface area contributed by atoms with E-state index in [1.807, 2.05) is 6.20 Å². The van der Waals surface area contributed by atoms with E-state index in [1.165, 1.54) is 50.0 Å². The predicted molar refractivity (Wildman–Crippen MR) is 80.9 cm³/mol. The SMILES string of the molecule is c1cc(CNC2CC2)c(N2CCN(C3CC3)CC2)cn1. The van der Waals surface area contributed by atoms with Crippen LogP contribution in [0.25, 0.3) is 0 Å². The molecule has 108 valence electrons. The normalized spacial score (nSPS) is 24.1. The van der Waals surface area contributed by atoms with Crippen LogP contribution in [0.4, 0.5) is 5.69 Å². The molecule has 0 unspecified atom stereocenters. The van der Waals surface area contributed by atoms with Gasteiger partial charge in [0.1, 0.15) is 0 Å². The number of nitrogens with one attached hydrogen (secondary N) is 1. The summed E-state index contributed by atoms with van der Waals surface area (Å²) in [7, 11) is 0. The molecule has 2 aliphatic carbocycles. The van der Waals surface area contributed by atoms with Gasteiger partial charge in [-0.15, -0.1) is 0 Å². The summed E-state index contributed by atoms with van der Waals surface area (Å²) < 4.78 is 0. The second-order valence-corrected chi connectivity index (χ2v) is 6.41. The van der Waals surface area contributed by atoms with Crippen LogP contribution in [-0.4, -0.2) is 48.1 Å². The Labute approximate surface area is 121 Å². The Bertz CT molecular complexity index is 459. The van der Waals surface area contributed by atoms with Crippen LogP contribution in [0.3, 0.4) is 0 Å². The lowest BCUT2D eigenvalue weighted by molar-refractivity contribution is 0.248. The Morgan fingerprint density at radius 1 is 1.10 bits per heavy atom. The molecular weight excluding hydrogens is 248 g/mol. The van der Waals surface area contributed by atoms with Crippen LogP contribution >= 0.6 is 0 Å². The highest BCUT2D eigenvalue weighted by Gasteiger charge is 2.31. The highest BCUT2D eigenvalue weighted by molar-refractivity contribution is 5.52. The Morgan fingerprint density at radius 2 is 1.90 bits per heavy atom. The molecule has 4 nitrogen and oxygen atoms in total. The first kappa shape index (κ1) is 12.6. The van der Waals surface area contributed by atoms with Crippen molar-refractivity contribution in [1.29, 1.82) is 0 Å². The van der Waals surface area contributed by atoms with Gasteiger partial charge in [0, 0.05) is 51.0 Å². The van der Waals surface area contributed by atoms with Gasteiger partial charge in [0.15, 0.2) is 0 Å². The monoisotopic (exact) mass is 272 g/mol. The van der Waals surface area contributed by atoms with Crippen LogP contribution in [-0.2, 0) is 6.54 Å². The lowest BCUT2D eigenvalue weighted by Crippen LogP contribution is -2.47. The summed E-state index contributed by atoms with van der Waals surface area (Å²) in [5.41, 5.74) is 2.75. The molecule has 1 aromatic rings. The number of nitrogens with zero attached hydrogens (tertiary/aromatic N) is 3. The number of anilines is 1. The van der Waals surface area contributed by atoms with Crippen molar-refractivity contribution in [2.24, 2.45) is 0 Å². The smallest absolute Gasteiger partial charge is 0.0599 e. The van der Waals surface area contributed by atoms with Crippen molar-refractivity contribution >= 4 is 5.69 Å². The zero-order chi connectivity index (χ0) is 13.4. The molecule has 0 spiro atoms. The van der Waals surface area contributed by atoms with Gasteiger partial charge in [0.05, 0.1) is 11.9 Å². The quantitative estimate of drug-likeness (QED) is 0.882. The molecule has 20 heavy (non-hydrogen) atoms. The lowest BCUT2D eigenvalue weighted by Gasteiger charge is -2.37. The predicted octanol–water partition coefficient (Wildman–Crippen LogP) is 1.62. The average Bonchev–Trinajstić information content (AvgIpc) is 3.40. The number of pyridine rings is 1. The van der Waals surface area contributed by atoms with Gasteiger partial charge in [0.25, 0.3) is 0 Å². The maximum absolute atomic E-state index is 4.35. The summed E-state index contributed by atoms with van der Waals surface area (Å²) in [4.78, 5) is 9.53. The largest absolute Gasteiger partial charge is 0.367 e. The van der Waals surface area contributed by atoms with Crippen LogP contribution in [0.2, 0.25) is 0 Å². The minimum atomic E-state index is 0.766. The van der Waals surface area contributed by atoms with Gasteiger partial charge in [-0.05, 0) is 37.3 Å². The third kappa shape index (κ3) is 2.81. The molecule has 0 aromatic carbocycles. The van der Waals surface area contributed by atoms with E-state index in [9.17, 15) is 0 Å². The number of aromatic nitrogens is 1. The van der Waals surface area contributed by atoms with Gasteiger partial charge in [-0.3, -0.25) is 9.88 Å². The molecule has 1 aromatic heterocycles. The van der Waals surface area contributed by atoms with Gasteiger partial charge in [-0.2, -0.15) is 0 Å². The molecule has 4 heteroatoms. The summed E-state index contributed by atoms with van der Waals surface area (Å²) in [5.74, 6) is 0. The molecule has 3 aliphatic rings. The molecular formula is C16H24N4. The Kier molecular flexibility index (Phi) is 3.36. The Balaban J connectivity index is 1.41. The fourth-order valence-corrected chi connectivity index (χ4v) is 3.16. The van der Waals surface area contributed by atoms with Gasteiger partial charge in [0.2, 0.25) is 0 Å². The van der Waals surface area contributed by atoms with Crippen molar-refractivity contribution in [3.8, 4) is 0 Å². The summed E-state index contributed by atoms with van der Waals surface area (Å²) in [6, 6.07) is 3.85. The average molecular weight is 272 g/mol. The fourth-order valence-electron chi connectivity index (χ4n) is 3.16. The Morgan fingerprint density at radius 3 is 2.60 bits per heavy atom. The van der Waals surface area contributed by atoms with Crippen LogP contribution in [0.1, 0.15) is 31.2 Å². The molecule has 1 aliphatic heterocycles. The zero-order valence-electron chi connectivity index (χ0n) is 12.1. The molecule has 0 radical (unpaired) electrons. The van der Waals surface area contributed by atoms with Crippen molar-refractivity contribution < 1.29 is 0 Å². The minimum Gasteiger partial charge on any atom is -0.367 e. The van der Waals surface area contributed by atoms with Gasteiger partial charge in [-0.1, -0.05) is 0 Å². The van der Waals surface area contributed by atoms with E-state index in [0.29, 0.717) is 0 Å². The highest BCUT2D eigenvalue weighted by atomic mass is 15.3. The first-order valence-electron chi connectivity index (χ1n) is 8.05. The van der Waals surface area contributed by atoms with E-state index in [0.717, 1.165) is 31.7 Å². The molecule has 0 atom stereocenters. The lowest BCUT2D eigenvalue weighted by atomic mass is 10.2. The van der Waals surface area contributed by atoms with Gasteiger partial charge in [-0.25, -0.2) is 0 Å². The number of hydrogen-bond donors (Lipinski definition) is 1. The van der Waals surface area contributed by atoms with Crippen molar-refractivity contribution in [3.63, 3.8) is 0 Å². The summed E-state index contributed by atoms with van der Waals surface area (Å²) in [6.45, 7) is 5.73. The topological polar surface area (TPSA) is 31.4 Å². The molecule has 1 N–H and O–H groups in total. The Hall–Kier alpha value is -1.13. The number of hydrogen-bond acceptors (Lipinski definition) is 4. The van der Waals surface area contributed by atoms with Crippen LogP contribution in [0.5, 0.6) is 0 Å². The molecule has 1 saturated heterocycles. The maximum Gasteiger partial charge on any atom is 0.0599 e. The molecule has 2 saturated carbocycles. The van der Waals surface area contributed by atoms with E-state index in [1.54, 1.807) is 0 Å². The summed E-state index contributed by atoms with van der Waals surface area (Å²) in [5, 5.41) is 3.62. The first-order valence-corrected chi connectivity index (χ1v) is 8.05. The molecule has 3 fully saturated rings.